The third-order valence-electron chi connectivity index (χ3n) is 3.04. The van der Waals surface area contributed by atoms with Crippen LogP contribution in [0.3, 0.4) is 0 Å². The maximum absolute atomic E-state index is 13.3. The Morgan fingerprint density at radius 2 is 1.96 bits per heavy atom. The largest absolute Gasteiger partial charge is 0.504 e. The number of para-hydroxylation sites is 1. The van der Waals surface area contributed by atoms with E-state index in [4.69, 9.17) is 14.2 Å². The summed E-state index contributed by atoms with van der Waals surface area (Å²) in [7, 11) is 1.44. The fourth-order valence-electron chi connectivity index (χ4n) is 1.87. The number of carbonyl (C=O) groups is 1. The Balaban J connectivity index is 1.78. The first-order chi connectivity index (χ1) is 11.6. The second-order valence-electron chi connectivity index (χ2n) is 4.71. The highest BCUT2D eigenvalue weighted by molar-refractivity contribution is 5.87. The minimum Gasteiger partial charge on any atom is -0.504 e. The van der Waals surface area contributed by atoms with Gasteiger partial charge >= 0.3 is 5.97 Å². The molecule has 5 nitrogen and oxygen atoms in total. The molecule has 6 heteroatoms. The molecule has 0 aliphatic carbocycles. The Bertz CT molecular complexity index is 727. The van der Waals surface area contributed by atoms with Crippen LogP contribution in [0.25, 0.3) is 6.08 Å². The molecule has 0 spiro atoms. The number of phenols is 1. The van der Waals surface area contributed by atoms with Crippen molar-refractivity contribution in [3.8, 4) is 17.2 Å². The number of phenolic OH excluding ortho intramolecular Hbond substituents is 1. The van der Waals surface area contributed by atoms with Crippen molar-refractivity contribution < 1.29 is 28.5 Å². The summed E-state index contributed by atoms with van der Waals surface area (Å²) in [6.45, 7) is 0.0456. The van der Waals surface area contributed by atoms with Crippen molar-refractivity contribution in [2.45, 2.75) is 0 Å². The smallest absolute Gasteiger partial charge is 0.330 e. The first-order valence-corrected chi connectivity index (χ1v) is 7.19. The number of hydrogen-bond acceptors (Lipinski definition) is 5. The highest BCUT2D eigenvalue weighted by Gasteiger charge is 2.03. The number of halogens is 1. The highest BCUT2D eigenvalue weighted by atomic mass is 19.1. The van der Waals surface area contributed by atoms with E-state index in [2.05, 4.69) is 0 Å². The predicted octanol–water partition coefficient (Wildman–Crippen LogP) is 3.18. The van der Waals surface area contributed by atoms with Crippen LogP contribution in [0.4, 0.5) is 4.39 Å². The summed E-state index contributed by atoms with van der Waals surface area (Å²) >= 11 is 0. The average molecular weight is 332 g/mol. The molecular weight excluding hydrogens is 315 g/mol. The van der Waals surface area contributed by atoms with Crippen molar-refractivity contribution in [2.75, 3.05) is 20.3 Å². The van der Waals surface area contributed by atoms with Gasteiger partial charge in [-0.2, -0.15) is 0 Å². The number of rotatable bonds is 7. The van der Waals surface area contributed by atoms with Crippen molar-refractivity contribution in [2.24, 2.45) is 0 Å². The molecule has 0 aromatic heterocycles. The molecule has 24 heavy (non-hydrogen) atoms. The fourth-order valence-corrected chi connectivity index (χ4v) is 1.87. The molecule has 0 heterocycles. The topological polar surface area (TPSA) is 65.0 Å². The van der Waals surface area contributed by atoms with Crippen LogP contribution >= 0.6 is 0 Å². The Kier molecular flexibility index (Phi) is 6.19. The van der Waals surface area contributed by atoms with E-state index in [1.165, 1.54) is 37.5 Å². The van der Waals surface area contributed by atoms with Crippen molar-refractivity contribution >= 4 is 12.0 Å². The van der Waals surface area contributed by atoms with E-state index in [9.17, 15) is 14.3 Å². The molecule has 0 aliphatic rings. The number of hydrogen-bond donors (Lipinski definition) is 1. The normalized spacial score (nSPS) is 10.6. The molecule has 2 aromatic carbocycles. The summed E-state index contributed by atoms with van der Waals surface area (Å²) in [5.74, 6) is -0.587. The lowest BCUT2D eigenvalue weighted by Crippen LogP contribution is -2.10. The van der Waals surface area contributed by atoms with Crippen molar-refractivity contribution in [3.05, 3.63) is 59.9 Å². The van der Waals surface area contributed by atoms with Crippen LogP contribution in [0.15, 0.2) is 48.5 Å². The van der Waals surface area contributed by atoms with Gasteiger partial charge in [0.25, 0.3) is 0 Å². The van der Waals surface area contributed by atoms with Gasteiger partial charge in [-0.15, -0.1) is 0 Å². The number of carbonyl (C=O) groups excluding carboxylic acids is 1. The highest BCUT2D eigenvalue weighted by Crippen LogP contribution is 2.26. The van der Waals surface area contributed by atoms with Crippen LogP contribution in [0.2, 0.25) is 0 Å². The van der Waals surface area contributed by atoms with E-state index in [0.717, 1.165) is 0 Å². The molecular formula is C18H17FO5. The molecule has 1 N–H and O–H groups in total. The number of aromatic hydroxyl groups is 1. The monoisotopic (exact) mass is 332 g/mol. The second-order valence-corrected chi connectivity index (χ2v) is 4.71. The van der Waals surface area contributed by atoms with E-state index in [0.29, 0.717) is 11.3 Å². The van der Waals surface area contributed by atoms with Crippen LogP contribution in [-0.2, 0) is 9.53 Å². The molecule has 2 aromatic rings. The Morgan fingerprint density at radius 3 is 2.71 bits per heavy atom. The number of methoxy groups -OCH3 is 1. The van der Waals surface area contributed by atoms with E-state index in [1.807, 2.05) is 0 Å². The maximum Gasteiger partial charge on any atom is 0.330 e. The van der Waals surface area contributed by atoms with Gasteiger partial charge in [0, 0.05) is 6.08 Å². The van der Waals surface area contributed by atoms with Crippen LogP contribution in [-0.4, -0.2) is 31.4 Å². The summed E-state index contributed by atoms with van der Waals surface area (Å²) < 4.78 is 28.4. The number of ether oxygens (including phenoxy) is 3. The van der Waals surface area contributed by atoms with E-state index in [1.54, 1.807) is 24.3 Å². The lowest BCUT2D eigenvalue weighted by Gasteiger charge is -2.07. The Hall–Kier alpha value is -3.02. The third-order valence-corrected chi connectivity index (χ3v) is 3.04. The van der Waals surface area contributed by atoms with E-state index in [-0.39, 0.29) is 24.7 Å². The van der Waals surface area contributed by atoms with Gasteiger partial charge in [0.1, 0.15) is 13.2 Å². The molecule has 126 valence electrons. The van der Waals surface area contributed by atoms with E-state index >= 15 is 0 Å². The maximum atomic E-state index is 13.3. The zero-order chi connectivity index (χ0) is 17.4. The van der Waals surface area contributed by atoms with Gasteiger partial charge < -0.3 is 19.3 Å². The summed E-state index contributed by atoms with van der Waals surface area (Å²) in [5, 5.41) is 9.49. The third kappa shape index (κ3) is 5.01. The summed E-state index contributed by atoms with van der Waals surface area (Å²) in [6, 6.07) is 10.7. The van der Waals surface area contributed by atoms with Gasteiger partial charge in [-0.1, -0.05) is 18.2 Å². The lowest BCUT2D eigenvalue weighted by molar-refractivity contribution is -0.138. The number of esters is 1. The molecule has 0 saturated carbocycles. The molecule has 2 rings (SSSR count). The first-order valence-electron chi connectivity index (χ1n) is 7.19. The summed E-state index contributed by atoms with van der Waals surface area (Å²) in [4.78, 5) is 11.6. The van der Waals surface area contributed by atoms with Crippen LogP contribution in [0.1, 0.15) is 5.56 Å². The zero-order valence-corrected chi connectivity index (χ0v) is 13.1. The summed E-state index contributed by atoms with van der Waals surface area (Å²) in [6.07, 6.45) is 2.77. The van der Waals surface area contributed by atoms with Crippen molar-refractivity contribution in [1.82, 2.24) is 0 Å². The summed E-state index contributed by atoms with van der Waals surface area (Å²) in [5.41, 5.74) is 0.671. The average Bonchev–Trinajstić information content (AvgIpc) is 2.59. The lowest BCUT2D eigenvalue weighted by atomic mass is 10.2. The van der Waals surface area contributed by atoms with Gasteiger partial charge in [-0.3, -0.25) is 0 Å². The van der Waals surface area contributed by atoms with Crippen LogP contribution in [0.5, 0.6) is 17.2 Å². The quantitative estimate of drug-likeness (QED) is 0.479. The Morgan fingerprint density at radius 1 is 1.17 bits per heavy atom. The van der Waals surface area contributed by atoms with Crippen molar-refractivity contribution in [1.29, 1.82) is 0 Å². The standard InChI is InChI=1S/C18H17FO5/c1-22-17-12-13(6-8-15(17)20)7-9-18(21)24-11-10-23-16-5-3-2-4-14(16)19/h2-9,12,20H,10-11H2,1H3/b9-7+. The Labute approximate surface area is 138 Å². The fraction of sp³-hybridized carbons (Fsp3) is 0.167. The van der Waals surface area contributed by atoms with Gasteiger partial charge in [-0.05, 0) is 35.9 Å². The molecule has 0 aliphatic heterocycles. The van der Waals surface area contributed by atoms with Crippen molar-refractivity contribution in [3.63, 3.8) is 0 Å². The van der Waals surface area contributed by atoms with Gasteiger partial charge in [0.2, 0.25) is 0 Å². The molecule has 0 fully saturated rings. The molecule has 0 amide bonds. The number of benzene rings is 2. The minimum atomic E-state index is -0.556. The SMILES string of the molecule is COc1cc(/C=C/C(=O)OCCOc2ccccc2F)ccc1O. The van der Waals surface area contributed by atoms with Gasteiger partial charge in [-0.25, -0.2) is 9.18 Å². The van der Waals surface area contributed by atoms with Crippen LogP contribution < -0.4 is 9.47 Å². The van der Waals surface area contributed by atoms with E-state index < -0.39 is 11.8 Å². The van der Waals surface area contributed by atoms with Gasteiger partial charge in [0.15, 0.2) is 23.1 Å². The molecule has 0 atom stereocenters. The van der Waals surface area contributed by atoms with Crippen LogP contribution in [0, 0.1) is 5.82 Å². The zero-order valence-electron chi connectivity index (χ0n) is 13.1. The minimum absolute atomic E-state index is 0.00356. The van der Waals surface area contributed by atoms with Gasteiger partial charge in [0.05, 0.1) is 7.11 Å². The molecule has 0 saturated heterocycles. The first kappa shape index (κ1) is 17.3. The predicted molar refractivity (Wildman–Crippen MR) is 86.5 cm³/mol. The molecule has 0 unspecified atom stereocenters. The second kappa shape index (κ2) is 8.57. The molecule has 0 radical (unpaired) electrons. The molecule has 0 bridgehead atoms.